The first-order valence-electron chi connectivity index (χ1n) is 4.40. The van der Waals surface area contributed by atoms with Gasteiger partial charge in [0, 0.05) is 19.2 Å². The monoisotopic (exact) mass is 196 g/mol. The van der Waals surface area contributed by atoms with Crippen molar-refractivity contribution < 1.29 is 0 Å². The Morgan fingerprint density at radius 1 is 1.23 bits per heavy atom. The first-order valence-corrected chi connectivity index (χ1v) is 4.78. The van der Waals surface area contributed by atoms with Gasteiger partial charge in [-0.1, -0.05) is 11.6 Å². The Morgan fingerprint density at radius 3 is 2.69 bits per heavy atom. The molecule has 1 aliphatic heterocycles. The van der Waals surface area contributed by atoms with Crippen LogP contribution < -0.4 is 4.90 Å². The number of hydrogen-bond donors (Lipinski definition) is 0. The quantitative estimate of drug-likeness (QED) is 0.643. The van der Waals surface area contributed by atoms with Gasteiger partial charge in [0.15, 0.2) is 0 Å². The van der Waals surface area contributed by atoms with Crippen molar-refractivity contribution >= 4 is 17.4 Å². The molecule has 0 bridgehead atoms. The Bertz CT molecular complexity index is 284. The van der Waals surface area contributed by atoms with Crippen molar-refractivity contribution in [2.24, 2.45) is 0 Å². The molecule has 1 fully saturated rings. The molecule has 0 amide bonds. The van der Waals surface area contributed by atoms with Crippen LogP contribution in [0.15, 0.2) is 12.4 Å². The van der Waals surface area contributed by atoms with E-state index in [1.54, 1.807) is 0 Å². The van der Waals surface area contributed by atoms with Crippen LogP contribution in [-0.2, 0) is 0 Å². The third-order valence-electron chi connectivity index (χ3n) is 2.15. The third kappa shape index (κ3) is 2.10. The summed E-state index contributed by atoms with van der Waals surface area (Å²) < 4.78 is 0. The van der Waals surface area contributed by atoms with E-state index < -0.39 is 0 Å². The second kappa shape index (κ2) is 3.92. The van der Waals surface area contributed by atoms with Gasteiger partial charge in [-0.3, -0.25) is 0 Å². The summed E-state index contributed by atoms with van der Waals surface area (Å²) in [6.07, 6.45) is 6.07. The van der Waals surface area contributed by atoms with Crippen molar-refractivity contribution in [3.8, 4) is 0 Å². The van der Waals surface area contributed by atoms with E-state index in [4.69, 9.17) is 11.6 Å². The van der Waals surface area contributed by atoms with Gasteiger partial charge in [0.05, 0.1) is 0 Å². The second-order valence-electron chi connectivity index (χ2n) is 3.05. The minimum Gasteiger partial charge on any atom is -0.356 e. The molecule has 2 rings (SSSR count). The average Bonchev–Trinajstić information content (AvgIpc) is 2.19. The van der Waals surface area contributed by atoms with Crippen molar-refractivity contribution in [2.45, 2.75) is 12.8 Å². The van der Waals surface area contributed by atoms with E-state index in [2.05, 4.69) is 21.3 Å². The number of piperidine rings is 1. The number of rotatable bonds is 1. The minimum atomic E-state index is 0.513. The minimum absolute atomic E-state index is 0.513. The molecule has 0 saturated carbocycles. The van der Waals surface area contributed by atoms with Crippen LogP contribution in [0.3, 0.4) is 0 Å². The normalized spacial score (nSPS) is 17.5. The van der Waals surface area contributed by atoms with Crippen molar-refractivity contribution in [2.75, 3.05) is 18.0 Å². The summed E-state index contributed by atoms with van der Waals surface area (Å²) in [4.78, 5) is 10.3. The average molecular weight is 197 g/mol. The van der Waals surface area contributed by atoms with Crippen LogP contribution in [-0.4, -0.2) is 23.1 Å². The molecular formula is C9H11ClN3. The van der Waals surface area contributed by atoms with Crippen LogP contribution in [0.2, 0.25) is 5.15 Å². The second-order valence-corrected chi connectivity index (χ2v) is 3.44. The van der Waals surface area contributed by atoms with Crippen LogP contribution in [0.5, 0.6) is 0 Å². The molecule has 0 spiro atoms. The van der Waals surface area contributed by atoms with Crippen LogP contribution in [0.25, 0.3) is 0 Å². The predicted molar refractivity (Wildman–Crippen MR) is 52.8 cm³/mol. The number of halogens is 1. The fourth-order valence-corrected chi connectivity index (χ4v) is 1.62. The smallest absolute Gasteiger partial charge is 0.134 e. The molecular weight excluding hydrogens is 186 g/mol. The van der Waals surface area contributed by atoms with E-state index in [-0.39, 0.29) is 0 Å². The van der Waals surface area contributed by atoms with Crippen molar-refractivity contribution in [3.63, 3.8) is 0 Å². The van der Waals surface area contributed by atoms with Gasteiger partial charge in [0.25, 0.3) is 0 Å². The molecule has 0 N–H and O–H groups in total. The zero-order valence-corrected chi connectivity index (χ0v) is 8.04. The summed E-state index contributed by atoms with van der Waals surface area (Å²) in [5, 5.41) is 0.513. The highest BCUT2D eigenvalue weighted by molar-refractivity contribution is 6.29. The van der Waals surface area contributed by atoms with Gasteiger partial charge < -0.3 is 4.90 Å². The molecule has 0 unspecified atom stereocenters. The molecule has 69 valence electrons. The molecule has 0 atom stereocenters. The molecule has 1 aliphatic rings. The van der Waals surface area contributed by atoms with Gasteiger partial charge in [-0.25, -0.2) is 9.97 Å². The Balaban J connectivity index is 2.14. The lowest BCUT2D eigenvalue weighted by atomic mass is 10.1. The predicted octanol–water partition coefficient (Wildman–Crippen LogP) is 1.93. The third-order valence-corrected chi connectivity index (χ3v) is 2.36. The summed E-state index contributed by atoms with van der Waals surface area (Å²) in [5.74, 6) is 0.938. The van der Waals surface area contributed by atoms with Gasteiger partial charge in [0.1, 0.15) is 17.3 Å². The first-order chi connectivity index (χ1) is 6.36. The summed E-state index contributed by atoms with van der Waals surface area (Å²) >= 11 is 5.78. The molecule has 4 heteroatoms. The van der Waals surface area contributed by atoms with Gasteiger partial charge >= 0.3 is 0 Å². The first kappa shape index (κ1) is 8.75. The Morgan fingerprint density at radius 2 is 2.00 bits per heavy atom. The zero-order chi connectivity index (χ0) is 9.10. The van der Waals surface area contributed by atoms with E-state index in [1.165, 1.54) is 6.33 Å². The molecule has 1 aromatic rings. The van der Waals surface area contributed by atoms with Gasteiger partial charge in [0.2, 0.25) is 0 Å². The highest BCUT2D eigenvalue weighted by Crippen LogP contribution is 2.18. The molecule has 1 radical (unpaired) electrons. The van der Waals surface area contributed by atoms with Crippen LogP contribution in [0, 0.1) is 6.42 Å². The van der Waals surface area contributed by atoms with E-state index >= 15 is 0 Å². The van der Waals surface area contributed by atoms with Gasteiger partial charge in [-0.05, 0) is 19.3 Å². The standard InChI is InChI=1S/C9H11ClN3/c10-8-6-9(12-7-11-8)13-4-2-1-3-5-13/h1,6-7H,2-5H2. The van der Waals surface area contributed by atoms with Crippen LogP contribution in [0.1, 0.15) is 12.8 Å². The highest BCUT2D eigenvalue weighted by atomic mass is 35.5. The topological polar surface area (TPSA) is 29.0 Å². The molecule has 3 nitrogen and oxygen atoms in total. The molecule has 1 saturated heterocycles. The fraction of sp³-hybridized carbons (Fsp3) is 0.444. The summed E-state index contributed by atoms with van der Waals surface area (Å²) in [5.41, 5.74) is 0. The summed E-state index contributed by atoms with van der Waals surface area (Å²) in [6.45, 7) is 2.07. The highest BCUT2D eigenvalue weighted by Gasteiger charge is 2.11. The fourth-order valence-electron chi connectivity index (χ4n) is 1.48. The van der Waals surface area contributed by atoms with Gasteiger partial charge in [-0.15, -0.1) is 0 Å². The number of anilines is 1. The van der Waals surface area contributed by atoms with Crippen molar-refractivity contribution in [1.29, 1.82) is 0 Å². The van der Waals surface area contributed by atoms with Gasteiger partial charge in [-0.2, -0.15) is 0 Å². The number of nitrogens with zero attached hydrogens (tertiary/aromatic N) is 3. The molecule has 1 aromatic heterocycles. The van der Waals surface area contributed by atoms with Crippen LogP contribution in [0.4, 0.5) is 5.82 Å². The lowest BCUT2D eigenvalue weighted by molar-refractivity contribution is 0.670. The summed E-state index contributed by atoms with van der Waals surface area (Å²) in [7, 11) is 0. The van der Waals surface area contributed by atoms with Crippen molar-refractivity contribution in [1.82, 2.24) is 9.97 Å². The largest absolute Gasteiger partial charge is 0.356 e. The molecule has 13 heavy (non-hydrogen) atoms. The maximum Gasteiger partial charge on any atom is 0.134 e. The zero-order valence-electron chi connectivity index (χ0n) is 7.28. The van der Waals surface area contributed by atoms with E-state index in [1.807, 2.05) is 6.07 Å². The lowest BCUT2D eigenvalue weighted by Crippen LogP contribution is -2.30. The summed E-state index contributed by atoms with van der Waals surface area (Å²) in [6, 6.07) is 1.81. The lowest BCUT2D eigenvalue weighted by Gasteiger charge is -2.27. The number of hydrogen-bond acceptors (Lipinski definition) is 3. The van der Waals surface area contributed by atoms with E-state index in [0.717, 1.165) is 31.7 Å². The van der Waals surface area contributed by atoms with Crippen LogP contribution >= 0.6 is 11.6 Å². The maximum atomic E-state index is 5.78. The number of aromatic nitrogens is 2. The Hall–Kier alpha value is -0.830. The maximum absolute atomic E-state index is 5.78. The Kier molecular flexibility index (Phi) is 2.64. The SMILES string of the molecule is Clc1cc(N2CC[CH]CC2)ncn1. The molecule has 0 aliphatic carbocycles. The Labute approximate surface area is 82.8 Å². The van der Waals surface area contributed by atoms with Crippen molar-refractivity contribution in [3.05, 3.63) is 24.0 Å². The molecule has 0 aromatic carbocycles. The molecule has 2 heterocycles. The van der Waals surface area contributed by atoms with E-state index in [0.29, 0.717) is 5.15 Å². The van der Waals surface area contributed by atoms with E-state index in [9.17, 15) is 0 Å².